The van der Waals surface area contributed by atoms with Crippen molar-refractivity contribution in [2.24, 2.45) is 5.92 Å². The van der Waals surface area contributed by atoms with E-state index in [0.29, 0.717) is 6.42 Å². The van der Waals surface area contributed by atoms with E-state index in [1.165, 1.54) is 12.8 Å². The number of hydrogen-bond donors (Lipinski definition) is 3. The first-order valence-corrected chi connectivity index (χ1v) is 7.04. The monoisotopic (exact) mass is 271 g/mol. The number of carbonyl (C=O) groups is 2. The second-order valence-electron chi connectivity index (χ2n) is 5.51. The summed E-state index contributed by atoms with van der Waals surface area (Å²) >= 11 is 0. The molecule has 1 heterocycles. The minimum absolute atomic E-state index is 0.252. The van der Waals surface area contributed by atoms with Crippen molar-refractivity contribution in [2.75, 3.05) is 13.1 Å². The summed E-state index contributed by atoms with van der Waals surface area (Å²) in [4.78, 5) is 22.9. The predicted octanol–water partition coefficient (Wildman–Crippen LogP) is 1.58. The zero-order valence-electron chi connectivity index (χ0n) is 11.8. The SMILES string of the molecule is CC(C)C[C@H](NC(=O)O)C(=O)NN1CCCCCC1. The van der Waals surface area contributed by atoms with E-state index in [0.717, 1.165) is 25.9 Å². The molecule has 0 aromatic rings. The van der Waals surface area contributed by atoms with Crippen LogP contribution in [0.5, 0.6) is 0 Å². The molecule has 1 rings (SSSR count). The first-order valence-electron chi connectivity index (χ1n) is 7.04. The van der Waals surface area contributed by atoms with E-state index in [9.17, 15) is 9.59 Å². The average Bonchev–Trinajstić information content (AvgIpc) is 2.55. The number of carboxylic acid groups (broad SMARTS) is 1. The van der Waals surface area contributed by atoms with Gasteiger partial charge in [-0.2, -0.15) is 0 Å². The lowest BCUT2D eigenvalue weighted by molar-refractivity contribution is -0.128. The van der Waals surface area contributed by atoms with E-state index >= 15 is 0 Å². The third-order valence-corrected chi connectivity index (χ3v) is 3.20. The third kappa shape index (κ3) is 6.42. The molecule has 0 aliphatic carbocycles. The molecule has 0 spiro atoms. The van der Waals surface area contributed by atoms with Crippen LogP contribution in [0.15, 0.2) is 0 Å². The van der Waals surface area contributed by atoms with Gasteiger partial charge in [-0.25, -0.2) is 9.80 Å². The summed E-state index contributed by atoms with van der Waals surface area (Å²) < 4.78 is 0. The summed E-state index contributed by atoms with van der Waals surface area (Å²) in [5.41, 5.74) is 2.84. The Kier molecular flexibility index (Phi) is 6.62. The Morgan fingerprint density at radius 3 is 2.21 bits per heavy atom. The van der Waals surface area contributed by atoms with Crippen LogP contribution in [0.4, 0.5) is 4.79 Å². The Hall–Kier alpha value is -1.30. The predicted molar refractivity (Wildman–Crippen MR) is 72.6 cm³/mol. The molecular formula is C13H25N3O3. The Morgan fingerprint density at radius 1 is 1.16 bits per heavy atom. The van der Waals surface area contributed by atoms with Gasteiger partial charge in [0.15, 0.2) is 0 Å². The highest BCUT2D eigenvalue weighted by atomic mass is 16.4. The van der Waals surface area contributed by atoms with Crippen LogP contribution >= 0.6 is 0 Å². The van der Waals surface area contributed by atoms with E-state index < -0.39 is 12.1 Å². The van der Waals surface area contributed by atoms with Crippen LogP contribution in [-0.4, -0.2) is 41.2 Å². The first kappa shape index (κ1) is 15.8. The Bertz CT molecular complexity index is 300. The Morgan fingerprint density at radius 2 is 1.74 bits per heavy atom. The number of rotatable bonds is 5. The zero-order chi connectivity index (χ0) is 14.3. The topological polar surface area (TPSA) is 81.7 Å². The maximum atomic E-state index is 12.1. The molecule has 0 aromatic carbocycles. The highest BCUT2D eigenvalue weighted by molar-refractivity contribution is 5.84. The molecule has 19 heavy (non-hydrogen) atoms. The molecule has 1 aliphatic heterocycles. The van der Waals surface area contributed by atoms with Crippen molar-refractivity contribution in [1.82, 2.24) is 15.8 Å². The average molecular weight is 271 g/mol. The molecule has 0 bridgehead atoms. The normalized spacial score (nSPS) is 18.7. The molecule has 0 aromatic heterocycles. The van der Waals surface area contributed by atoms with Gasteiger partial charge in [0.05, 0.1) is 0 Å². The van der Waals surface area contributed by atoms with E-state index in [2.05, 4.69) is 10.7 Å². The minimum Gasteiger partial charge on any atom is -0.465 e. The number of nitrogens with zero attached hydrogens (tertiary/aromatic N) is 1. The molecule has 6 heteroatoms. The number of nitrogens with one attached hydrogen (secondary N) is 2. The van der Waals surface area contributed by atoms with Crippen molar-refractivity contribution in [3.8, 4) is 0 Å². The Balaban J connectivity index is 2.51. The highest BCUT2D eigenvalue weighted by Crippen LogP contribution is 2.09. The van der Waals surface area contributed by atoms with E-state index in [4.69, 9.17) is 5.11 Å². The molecule has 1 saturated heterocycles. The van der Waals surface area contributed by atoms with Crippen LogP contribution in [0.25, 0.3) is 0 Å². The van der Waals surface area contributed by atoms with Gasteiger partial charge in [0, 0.05) is 13.1 Å². The van der Waals surface area contributed by atoms with Gasteiger partial charge in [-0.3, -0.25) is 10.2 Å². The molecule has 1 fully saturated rings. The van der Waals surface area contributed by atoms with E-state index in [-0.39, 0.29) is 11.8 Å². The number of carbonyl (C=O) groups excluding carboxylic acids is 1. The lowest BCUT2D eigenvalue weighted by Gasteiger charge is -2.25. The maximum Gasteiger partial charge on any atom is 0.405 e. The van der Waals surface area contributed by atoms with E-state index in [1.807, 2.05) is 18.9 Å². The molecule has 110 valence electrons. The standard InChI is InChI=1S/C13H25N3O3/c1-10(2)9-11(14-13(18)19)12(17)15-16-7-5-3-4-6-8-16/h10-11,14H,3-9H2,1-2H3,(H,15,17)(H,18,19)/t11-/m0/s1. The summed E-state index contributed by atoms with van der Waals surface area (Å²) in [6, 6.07) is -0.680. The molecule has 2 amide bonds. The van der Waals surface area contributed by atoms with Gasteiger partial charge in [-0.05, 0) is 25.2 Å². The molecule has 0 radical (unpaired) electrons. The highest BCUT2D eigenvalue weighted by Gasteiger charge is 2.23. The van der Waals surface area contributed by atoms with Crippen LogP contribution < -0.4 is 10.7 Å². The summed E-state index contributed by atoms with van der Waals surface area (Å²) in [6.45, 7) is 5.62. The summed E-state index contributed by atoms with van der Waals surface area (Å²) in [6.07, 6.45) is 3.87. The van der Waals surface area contributed by atoms with Gasteiger partial charge in [-0.1, -0.05) is 26.7 Å². The van der Waals surface area contributed by atoms with Crippen LogP contribution in [0.2, 0.25) is 0 Å². The maximum absolute atomic E-state index is 12.1. The van der Waals surface area contributed by atoms with Gasteiger partial charge >= 0.3 is 6.09 Å². The molecule has 0 saturated carbocycles. The number of hydrogen-bond acceptors (Lipinski definition) is 3. The van der Waals surface area contributed by atoms with Crippen molar-refractivity contribution in [3.63, 3.8) is 0 Å². The van der Waals surface area contributed by atoms with Crippen molar-refractivity contribution < 1.29 is 14.7 Å². The summed E-state index contributed by atoms with van der Waals surface area (Å²) in [7, 11) is 0. The molecule has 3 N–H and O–H groups in total. The molecule has 1 aliphatic rings. The summed E-state index contributed by atoms with van der Waals surface area (Å²) in [5, 5.41) is 13.0. The Labute approximate surface area is 114 Å². The van der Waals surface area contributed by atoms with Crippen LogP contribution in [0.1, 0.15) is 46.0 Å². The van der Waals surface area contributed by atoms with Gasteiger partial charge in [-0.15, -0.1) is 0 Å². The van der Waals surface area contributed by atoms with E-state index in [1.54, 1.807) is 0 Å². The van der Waals surface area contributed by atoms with Crippen molar-refractivity contribution in [3.05, 3.63) is 0 Å². The largest absolute Gasteiger partial charge is 0.465 e. The van der Waals surface area contributed by atoms with Crippen LogP contribution in [0, 0.1) is 5.92 Å². The quantitative estimate of drug-likeness (QED) is 0.709. The first-order chi connectivity index (χ1) is 8.99. The van der Waals surface area contributed by atoms with Crippen molar-refractivity contribution in [1.29, 1.82) is 0 Å². The van der Waals surface area contributed by atoms with Crippen molar-refractivity contribution >= 4 is 12.0 Å². The molecule has 6 nitrogen and oxygen atoms in total. The molecule has 1 atom stereocenters. The fourth-order valence-electron chi connectivity index (χ4n) is 2.27. The van der Waals surface area contributed by atoms with Crippen LogP contribution in [-0.2, 0) is 4.79 Å². The zero-order valence-corrected chi connectivity index (χ0v) is 11.8. The van der Waals surface area contributed by atoms with Crippen LogP contribution in [0.3, 0.4) is 0 Å². The second-order valence-corrected chi connectivity index (χ2v) is 5.51. The lowest BCUT2D eigenvalue weighted by atomic mass is 10.0. The number of hydrazine groups is 1. The molecular weight excluding hydrogens is 246 g/mol. The summed E-state index contributed by atoms with van der Waals surface area (Å²) in [5.74, 6) is 0.00438. The van der Waals surface area contributed by atoms with Gasteiger partial charge in [0.2, 0.25) is 0 Å². The smallest absolute Gasteiger partial charge is 0.405 e. The fourth-order valence-corrected chi connectivity index (χ4v) is 2.27. The third-order valence-electron chi connectivity index (χ3n) is 3.20. The fraction of sp³-hybridized carbons (Fsp3) is 0.846. The van der Waals surface area contributed by atoms with Gasteiger partial charge in [0.1, 0.15) is 6.04 Å². The number of amides is 2. The van der Waals surface area contributed by atoms with Crippen molar-refractivity contribution in [2.45, 2.75) is 52.0 Å². The lowest BCUT2D eigenvalue weighted by Crippen LogP contribution is -2.52. The second kappa shape index (κ2) is 7.99. The van der Waals surface area contributed by atoms with Gasteiger partial charge < -0.3 is 10.4 Å². The molecule has 0 unspecified atom stereocenters. The van der Waals surface area contributed by atoms with Gasteiger partial charge in [0.25, 0.3) is 5.91 Å². The minimum atomic E-state index is -1.16.